The third kappa shape index (κ3) is 5.88. The highest BCUT2D eigenvalue weighted by Gasteiger charge is 2.30. The Hall–Kier alpha value is -1.87. The number of benzene rings is 2. The number of rotatable bonds is 5. The van der Waals surface area contributed by atoms with Gasteiger partial charge in [0, 0.05) is 45.9 Å². The molecule has 6 nitrogen and oxygen atoms in total. The number of fused-ring (bicyclic) bond motifs is 1. The van der Waals surface area contributed by atoms with Gasteiger partial charge < -0.3 is 19.9 Å². The number of carbonyl (C=O) groups excluding carboxylic acids is 1. The quantitative estimate of drug-likeness (QED) is 0.362. The van der Waals surface area contributed by atoms with Crippen LogP contribution in [0.4, 0.5) is 0 Å². The van der Waals surface area contributed by atoms with Crippen molar-refractivity contribution in [2.45, 2.75) is 32.3 Å². The highest BCUT2D eigenvalue weighted by Crippen LogP contribution is 2.19. The smallest absolute Gasteiger partial charge is 0.251 e. The van der Waals surface area contributed by atoms with E-state index < -0.39 is 0 Å². The van der Waals surface area contributed by atoms with Gasteiger partial charge in [0.2, 0.25) is 0 Å². The SMILES string of the molecule is CCNC(=NCCc1cccc2ccccc12)N1CCN(C(=O)C2CCCO2)CC1.I. The summed E-state index contributed by atoms with van der Waals surface area (Å²) < 4.78 is 5.57. The molecule has 1 N–H and O–H groups in total. The van der Waals surface area contributed by atoms with Crippen LogP contribution in [0.15, 0.2) is 47.5 Å². The fraction of sp³-hybridized carbons (Fsp3) is 0.500. The first-order valence-electron chi connectivity index (χ1n) is 11.2. The average molecular weight is 536 g/mol. The number of nitrogens with one attached hydrogen (secondary N) is 1. The molecule has 2 aliphatic heterocycles. The number of piperazine rings is 1. The Morgan fingerprint density at radius 1 is 1.10 bits per heavy atom. The number of hydrogen-bond acceptors (Lipinski definition) is 3. The van der Waals surface area contributed by atoms with E-state index >= 15 is 0 Å². The van der Waals surface area contributed by atoms with E-state index in [2.05, 4.69) is 59.6 Å². The molecule has 2 heterocycles. The lowest BCUT2D eigenvalue weighted by molar-refractivity contribution is -0.142. The predicted molar refractivity (Wildman–Crippen MR) is 136 cm³/mol. The Morgan fingerprint density at radius 3 is 2.58 bits per heavy atom. The van der Waals surface area contributed by atoms with Gasteiger partial charge in [0.25, 0.3) is 5.91 Å². The van der Waals surface area contributed by atoms with Crippen molar-refractivity contribution in [2.75, 3.05) is 45.9 Å². The fourth-order valence-corrected chi connectivity index (χ4v) is 4.33. The van der Waals surface area contributed by atoms with Crippen molar-refractivity contribution in [2.24, 2.45) is 4.99 Å². The molecule has 0 spiro atoms. The van der Waals surface area contributed by atoms with Gasteiger partial charge in [-0.25, -0.2) is 0 Å². The molecule has 2 aromatic carbocycles. The summed E-state index contributed by atoms with van der Waals surface area (Å²) in [5, 5.41) is 6.01. The van der Waals surface area contributed by atoms with Crippen LogP contribution in [0.1, 0.15) is 25.3 Å². The molecule has 168 valence electrons. The van der Waals surface area contributed by atoms with E-state index in [1.807, 2.05) is 4.90 Å². The first-order valence-corrected chi connectivity index (χ1v) is 11.2. The molecule has 2 fully saturated rings. The molecule has 0 saturated carbocycles. The highest BCUT2D eigenvalue weighted by molar-refractivity contribution is 14.0. The summed E-state index contributed by atoms with van der Waals surface area (Å²) in [5.41, 5.74) is 1.33. The van der Waals surface area contributed by atoms with Gasteiger partial charge in [-0.2, -0.15) is 0 Å². The first-order chi connectivity index (χ1) is 14.8. The molecule has 0 aliphatic carbocycles. The van der Waals surface area contributed by atoms with Crippen molar-refractivity contribution in [3.63, 3.8) is 0 Å². The van der Waals surface area contributed by atoms with Gasteiger partial charge >= 0.3 is 0 Å². The largest absolute Gasteiger partial charge is 0.368 e. The minimum absolute atomic E-state index is 0. The lowest BCUT2D eigenvalue weighted by atomic mass is 10.0. The summed E-state index contributed by atoms with van der Waals surface area (Å²) in [7, 11) is 0. The molecule has 0 radical (unpaired) electrons. The lowest BCUT2D eigenvalue weighted by Gasteiger charge is -2.37. The third-order valence-electron chi connectivity index (χ3n) is 5.95. The van der Waals surface area contributed by atoms with Gasteiger partial charge in [-0.05, 0) is 42.5 Å². The maximum absolute atomic E-state index is 12.6. The maximum Gasteiger partial charge on any atom is 0.251 e. The second-order valence-electron chi connectivity index (χ2n) is 7.94. The van der Waals surface area contributed by atoms with E-state index in [4.69, 9.17) is 9.73 Å². The van der Waals surface area contributed by atoms with Crippen LogP contribution in [0.5, 0.6) is 0 Å². The molecule has 2 aliphatic rings. The van der Waals surface area contributed by atoms with E-state index in [9.17, 15) is 4.79 Å². The van der Waals surface area contributed by atoms with Crippen molar-refractivity contribution in [3.05, 3.63) is 48.0 Å². The van der Waals surface area contributed by atoms with Crippen molar-refractivity contribution in [1.82, 2.24) is 15.1 Å². The molecule has 2 saturated heterocycles. The summed E-state index contributed by atoms with van der Waals surface area (Å²) >= 11 is 0. The fourth-order valence-electron chi connectivity index (χ4n) is 4.33. The Balaban J connectivity index is 0.00000272. The number of amides is 1. The van der Waals surface area contributed by atoms with E-state index in [1.165, 1.54) is 16.3 Å². The topological polar surface area (TPSA) is 57.2 Å². The highest BCUT2D eigenvalue weighted by atomic mass is 127. The number of nitrogens with zero attached hydrogens (tertiary/aromatic N) is 3. The van der Waals surface area contributed by atoms with Crippen LogP contribution in [0.25, 0.3) is 10.8 Å². The average Bonchev–Trinajstić information content (AvgIpc) is 3.33. The zero-order chi connectivity index (χ0) is 20.8. The van der Waals surface area contributed by atoms with Crippen LogP contribution in [0.3, 0.4) is 0 Å². The second-order valence-corrected chi connectivity index (χ2v) is 7.94. The second kappa shape index (κ2) is 11.7. The van der Waals surface area contributed by atoms with Gasteiger partial charge in [0.05, 0.1) is 0 Å². The van der Waals surface area contributed by atoms with Gasteiger partial charge in [0.1, 0.15) is 6.10 Å². The summed E-state index contributed by atoms with van der Waals surface area (Å²) in [6, 6.07) is 15.0. The van der Waals surface area contributed by atoms with Crippen LogP contribution in [-0.2, 0) is 16.0 Å². The molecular formula is C24H33IN4O2. The van der Waals surface area contributed by atoms with Crippen LogP contribution in [0, 0.1) is 0 Å². The number of guanidine groups is 1. The van der Waals surface area contributed by atoms with Crippen molar-refractivity contribution < 1.29 is 9.53 Å². The van der Waals surface area contributed by atoms with Crippen LogP contribution >= 0.6 is 24.0 Å². The Kier molecular flexibility index (Phi) is 8.95. The first kappa shape index (κ1) is 23.8. The Labute approximate surface area is 202 Å². The summed E-state index contributed by atoms with van der Waals surface area (Å²) in [6.07, 6.45) is 2.54. The van der Waals surface area contributed by atoms with Crippen molar-refractivity contribution in [3.8, 4) is 0 Å². The van der Waals surface area contributed by atoms with Crippen LogP contribution < -0.4 is 5.32 Å². The van der Waals surface area contributed by atoms with E-state index in [0.717, 1.165) is 64.5 Å². The van der Waals surface area contributed by atoms with E-state index in [1.54, 1.807) is 0 Å². The molecule has 0 aromatic heterocycles. The molecule has 4 rings (SSSR count). The van der Waals surface area contributed by atoms with E-state index in [0.29, 0.717) is 6.61 Å². The lowest BCUT2D eigenvalue weighted by Crippen LogP contribution is -2.55. The number of aliphatic imine (C=N–C) groups is 1. The molecule has 1 amide bonds. The predicted octanol–water partition coefficient (Wildman–Crippen LogP) is 3.29. The molecule has 7 heteroatoms. The molecule has 1 unspecified atom stereocenters. The number of ether oxygens (including phenoxy) is 1. The monoisotopic (exact) mass is 536 g/mol. The zero-order valence-electron chi connectivity index (χ0n) is 18.3. The molecule has 1 atom stereocenters. The van der Waals surface area contributed by atoms with Gasteiger partial charge in [-0.15, -0.1) is 24.0 Å². The molecule has 0 bridgehead atoms. The van der Waals surface area contributed by atoms with Crippen LogP contribution in [-0.4, -0.2) is 73.6 Å². The van der Waals surface area contributed by atoms with Crippen molar-refractivity contribution >= 4 is 46.6 Å². The normalized spacial score (nSPS) is 19.4. The van der Waals surface area contributed by atoms with Gasteiger partial charge in [-0.3, -0.25) is 9.79 Å². The minimum atomic E-state index is -0.223. The Morgan fingerprint density at radius 2 is 1.84 bits per heavy atom. The molecule has 2 aromatic rings. The number of carbonyl (C=O) groups is 1. The summed E-state index contributed by atoms with van der Waals surface area (Å²) in [6.45, 7) is 7.45. The molecule has 31 heavy (non-hydrogen) atoms. The zero-order valence-corrected chi connectivity index (χ0v) is 20.6. The maximum atomic E-state index is 12.6. The number of halogens is 1. The van der Waals surface area contributed by atoms with E-state index in [-0.39, 0.29) is 36.0 Å². The van der Waals surface area contributed by atoms with Crippen LogP contribution in [0.2, 0.25) is 0 Å². The standard InChI is InChI=1S/C24H32N4O2.HI/c1-2-25-24(26-13-12-20-9-5-8-19-7-3-4-10-21(19)20)28-16-14-27(15-17-28)23(29)22-11-6-18-30-22;/h3-5,7-10,22H,2,6,11-18H2,1H3,(H,25,26);1H. The van der Waals surface area contributed by atoms with Crippen molar-refractivity contribution in [1.29, 1.82) is 0 Å². The van der Waals surface area contributed by atoms with Gasteiger partial charge in [0.15, 0.2) is 5.96 Å². The Bertz CT molecular complexity index is 885. The summed E-state index contributed by atoms with van der Waals surface area (Å²) in [4.78, 5) is 21.7. The third-order valence-corrected chi connectivity index (χ3v) is 5.95. The van der Waals surface area contributed by atoms with Gasteiger partial charge in [-0.1, -0.05) is 42.5 Å². The minimum Gasteiger partial charge on any atom is -0.368 e. The molecular weight excluding hydrogens is 503 g/mol. The summed E-state index contributed by atoms with van der Waals surface area (Å²) in [5.74, 6) is 1.10. The number of hydrogen-bond donors (Lipinski definition) is 1.